The van der Waals surface area contributed by atoms with Crippen molar-refractivity contribution in [2.45, 2.75) is 12.5 Å². The number of rotatable bonds is 4. The molecular weight excluding hydrogens is 231 g/mol. The smallest absolute Gasteiger partial charge is 0.322 e. The van der Waals surface area contributed by atoms with Gasteiger partial charge in [0.05, 0.1) is 0 Å². The summed E-state index contributed by atoms with van der Waals surface area (Å²) in [4.78, 5) is 21.6. The third-order valence-corrected chi connectivity index (χ3v) is 2.28. The third kappa shape index (κ3) is 2.51. The molecular formula is C10H11FN2O4. The highest BCUT2D eigenvalue weighted by atomic mass is 19.1. The minimum Gasteiger partial charge on any atom is -0.480 e. The van der Waals surface area contributed by atoms with E-state index in [1.54, 1.807) is 0 Å². The lowest BCUT2D eigenvalue weighted by Crippen LogP contribution is -2.22. The van der Waals surface area contributed by atoms with E-state index < -0.39 is 23.7 Å². The van der Waals surface area contributed by atoms with Crippen LogP contribution in [0.1, 0.15) is 17.0 Å². The first kappa shape index (κ1) is 12.9. The summed E-state index contributed by atoms with van der Waals surface area (Å²) in [5.74, 6) is -5.88. The van der Waals surface area contributed by atoms with Crippen molar-refractivity contribution in [3.63, 3.8) is 0 Å². The highest BCUT2D eigenvalue weighted by Crippen LogP contribution is 2.26. The Balaban J connectivity index is 3.35. The minimum absolute atomic E-state index is 0.0979. The number of hydrogen-bond acceptors (Lipinski definition) is 4. The molecule has 0 aromatic heterocycles. The number of carboxylic acids is 2. The van der Waals surface area contributed by atoms with Crippen LogP contribution in [0.3, 0.4) is 0 Å². The molecule has 0 saturated heterocycles. The molecule has 1 rings (SSSR count). The number of aliphatic carboxylic acids is 2. The maximum atomic E-state index is 13.4. The van der Waals surface area contributed by atoms with Gasteiger partial charge in [-0.05, 0) is 12.1 Å². The van der Waals surface area contributed by atoms with E-state index in [1.165, 1.54) is 0 Å². The average molecular weight is 242 g/mol. The van der Waals surface area contributed by atoms with Gasteiger partial charge in [0.15, 0.2) is 5.92 Å². The topological polar surface area (TPSA) is 127 Å². The molecule has 0 heterocycles. The summed E-state index contributed by atoms with van der Waals surface area (Å²) in [6, 6.07) is 1.94. The standard InChI is InChI=1S/C10H11FN2O4/c11-6-2-5(7(13)1-4(6)3-12)8(9(14)15)10(16)17/h1-2,8H,3,12-13H2,(H,14,15)(H,16,17). The van der Waals surface area contributed by atoms with Crippen LogP contribution in [-0.4, -0.2) is 22.2 Å². The van der Waals surface area contributed by atoms with Gasteiger partial charge in [0.2, 0.25) is 0 Å². The summed E-state index contributed by atoms with van der Waals surface area (Å²) in [6.45, 7) is -0.110. The van der Waals surface area contributed by atoms with Crippen molar-refractivity contribution in [1.29, 1.82) is 0 Å². The summed E-state index contributed by atoms with van der Waals surface area (Å²) in [5, 5.41) is 17.5. The molecule has 6 N–H and O–H groups in total. The number of nitrogen functional groups attached to an aromatic ring is 1. The van der Waals surface area contributed by atoms with E-state index in [-0.39, 0.29) is 23.4 Å². The third-order valence-electron chi connectivity index (χ3n) is 2.28. The van der Waals surface area contributed by atoms with Crippen LogP contribution in [0.15, 0.2) is 12.1 Å². The SMILES string of the molecule is NCc1cc(N)c(C(C(=O)O)C(=O)O)cc1F. The number of benzene rings is 1. The van der Waals surface area contributed by atoms with Crippen molar-refractivity contribution in [1.82, 2.24) is 0 Å². The van der Waals surface area contributed by atoms with Gasteiger partial charge in [-0.3, -0.25) is 9.59 Å². The Morgan fingerprint density at radius 2 is 1.82 bits per heavy atom. The number of carboxylic acid groups (broad SMARTS) is 2. The predicted octanol–water partition coefficient (Wildman–Crippen LogP) is 0.119. The first-order chi connectivity index (χ1) is 7.88. The summed E-state index contributed by atoms with van der Waals surface area (Å²) >= 11 is 0. The maximum absolute atomic E-state index is 13.4. The van der Waals surface area contributed by atoms with Gasteiger partial charge in [-0.15, -0.1) is 0 Å². The van der Waals surface area contributed by atoms with Crippen molar-refractivity contribution < 1.29 is 24.2 Å². The Hall–Kier alpha value is -2.15. The Kier molecular flexibility index (Phi) is 3.64. The van der Waals surface area contributed by atoms with Crippen LogP contribution in [0.2, 0.25) is 0 Å². The van der Waals surface area contributed by atoms with E-state index in [0.717, 1.165) is 12.1 Å². The zero-order valence-corrected chi connectivity index (χ0v) is 8.68. The molecule has 0 fully saturated rings. The number of hydrogen-bond donors (Lipinski definition) is 4. The molecule has 17 heavy (non-hydrogen) atoms. The van der Waals surface area contributed by atoms with Crippen molar-refractivity contribution in [3.05, 3.63) is 29.1 Å². The largest absolute Gasteiger partial charge is 0.480 e. The molecule has 0 bridgehead atoms. The molecule has 0 aliphatic carbocycles. The van der Waals surface area contributed by atoms with E-state index in [2.05, 4.69) is 0 Å². The zero-order chi connectivity index (χ0) is 13.2. The van der Waals surface area contributed by atoms with Gasteiger partial charge in [-0.1, -0.05) is 0 Å². The highest BCUT2D eigenvalue weighted by molar-refractivity contribution is 6.00. The van der Waals surface area contributed by atoms with Crippen molar-refractivity contribution in [2.24, 2.45) is 5.73 Å². The lowest BCUT2D eigenvalue weighted by molar-refractivity contribution is -0.150. The van der Waals surface area contributed by atoms with Gasteiger partial charge in [0, 0.05) is 23.4 Å². The van der Waals surface area contributed by atoms with Crippen LogP contribution in [0.4, 0.5) is 10.1 Å². The second kappa shape index (κ2) is 4.79. The fraction of sp³-hybridized carbons (Fsp3) is 0.200. The van der Waals surface area contributed by atoms with Crippen LogP contribution >= 0.6 is 0 Å². The lowest BCUT2D eigenvalue weighted by atomic mass is 9.96. The normalized spacial score (nSPS) is 10.5. The molecule has 0 spiro atoms. The lowest BCUT2D eigenvalue weighted by Gasteiger charge is -2.12. The Labute approximate surface area is 95.6 Å². The van der Waals surface area contributed by atoms with Gasteiger partial charge in [0.25, 0.3) is 0 Å². The molecule has 1 aromatic rings. The number of nitrogens with two attached hydrogens (primary N) is 2. The first-order valence-corrected chi connectivity index (χ1v) is 4.62. The van der Waals surface area contributed by atoms with E-state index in [9.17, 15) is 14.0 Å². The van der Waals surface area contributed by atoms with E-state index in [4.69, 9.17) is 21.7 Å². The molecule has 0 saturated carbocycles. The maximum Gasteiger partial charge on any atom is 0.322 e. The molecule has 0 aliphatic rings. The highest BCUT2D eigenvalue weighted by Gasteiger charge is 2.30. The summed E-state index contributed by atoms with van der Waals surface area (Å²) < 4.78 is 13.4. The second-order valence-corrected chi connectivity index (χ2v) is 3.39. The van der Waals surface area contributed by atoms with Crippen LogP contribution in [0, 0.1) is 5.82 Å². The predicted molar refractivity (Wildman–Crippen MR) is 56.7 cm³/mol. The molecule has 0 aliphatic heterocycles. The van der Waals surface area contributed by atoms with Crippen molar-refractivity contribution in [3.8, 4) is 0 Å². The Morgan fingerprint density at radius 1 is 1.29 bits per heavy atom. The zero-order valence-electron chi connectivity index (χ0n) is 8.68. The van der Waals surface area contributed by atoms with Crippen LogP contribution in [0.25, 0.3) is 0 Å². The van der Waals surface area contributed by atoms with Gasteiger partial charge in [-0.2, -0.15) is 0 Å². The monoisotopic (exact) mass is 242 g/mol. The number of halogens is 1. The molecule has 7 heteroatoms. The first-order valence-electron chi connectivity index (χ1n) is 4.62. The molecule has 0 unspecified atom stereocenters. The Morgan fingerprint density at radius 3 is 2.24 bits per heavy atom. The van der Waals surface area contributed by atoms with Gasteiger partial charge in [-0.25, -0.2) is 4.39 Å². The Bertz CT molecular complexity index is 462. The van der Waals surface area contributed by atoms with Gasteiger partial charge < -0.3 is 21.7 Å². The summed E-state index contributed by atoms with van der Waals surface area (Å²) in [6.07, 6.45) is 0. The minimum atomic E-state index is -1.89. The quantitative estimate of drug-likeness (QED) is 0.438. The number of anilines is 1. The number of carbonyl (C=O) groups is 2. The van der Waals surface area contributed by atoms with E-state index in [1.807, 2.05) is 0 Å². The summed E-state index contributed by atoms with van der Waals surface area (Å²) in [5.41, 5.74) is 10.4. The molecule has 0 amide bonds. The molecule has 1 aromatic carbocycles. The van der Waals surface area contributed by atoms with Gasteiger partial charge >= 0.3 is 11.9 Å². The molecule has 6 nitrogen and oxygen atoms in total. The van der Waals surface area contributed by atoms with E-state index >= 15 is 0 Å². The molecule has 92 valence electrons. The second-order valence-electron chi connectivity index (χ2n) is 3.39. The molecule has 0 atom stereocenters. The average Bonchev–Trinajstić information content (AvgIpc) is 2.21. The van der Waals surface area contributed by atoms with Crippen LogP contribution in [0.5, 0.6) is 0 Å². The van der Waals surface area contributed by atoms with Crippen molar-refractivity contribution in [2.75, 3.05) is 5.73 Å². The van der Waals surface area contributed by atoms with E-state index in [0.29, 0.717) is 0 Å². The van der Waals surface area contributed by atoms with Crippen LogP contribution < -0.4 is 11.5 Å². The molecule has 0 radical (unpaired) electrons. The fourth-order valence-electron chi connectivity index (χ4n) is 1.43. The van der Waals surface area contributed by atoms with Gasteiger partial charge in [0.1, 0.15) is 5.82 Å². The van der Waals surface area contributed by atoms with Crippen molar-refractivity contribution >= 4 is 17.6 Å². The van der Waals surface area contributed by atoms with Crippen LogP contribution in [-0.2, 0) is 16.1 Å². The summed E-state index contributed by atoms with van der Waals surface area (Å²) in [7, 11) is 0. The fourth-order valence-corrected chi connectivity index (χ4v) is 1.43.